The van der Waals surface area contributed by atoms with Crippen LogP contribution in [0.15, 0.2) is 12.4 Å². The Morgan fingerprint density at radius 3 is 2.83 bits per heavy atom. The molecule has 0 amide bonds. The van der Waals surface area contributed by atoms with E-state index in [0.29, 0.717) is 5.65 Å². The van der Waals surface area contributed by atoms with Crippen molar-refractivity contribution in [2.75, 3.05) is 0 Å². The Kier molecular flexibility index (Phi) is 3.56. The number of aliphatic carboxylic acids is 1. The number of carbonyl (C=O) groups is 1. The van der Waals surface area contributed by atoms with Crippen LogP contribution in [0.2, 0.25) is 5.28 Å². The van der Waals surface area contributed by atoms with E-state index in [1.807, 2.05) is 0 Å². The highest BCUT2D eigenvalue weighted by atomic mass is 35.5. The van der Waals surface area contributed by atoms with Crippen LogP contribution in [0.3, 0.4) is 0 Å². The summed E-state index contributed by atoms with van der Waals surface area (Å²) >= 11 is 5.90. The van der Waals surface area contributed by atoms with Crippen molar-refractivity contribution in [2.45, 2.75) is 45.1 Å². The predicted molar refractivity (Wildman–Crippen MR) is 87.3 cm³/mol. The summed E-state index contributed by atoms with van der Waals surface area (Å²) in [6, 6.07) is -0.289. The van der Waals surface area contributed by atoms with E-state index in [2.05, 4.69) is 16.9 Å². The third-order valence-electron chi connectivity index (χ3n) is 6.30. The number of fused-ring (bicyclic) bond motifs is 4. The van der Waals surface area contributed by atoms with E-state index in [1.54, 1.807) is 4.57 Å². The zero-order chi connectivity index (χ0) is 17.1. The Labute approximate surface area is 143 Å². The van der Waals surface area contributed by atoms with Crippen molar-refractivity contribution in [1.29, 1.82) is 0 Å². The van der Waals surface area contributed by atoms with Gasteiger partial charge in [-0.3, -0.25) is 4.79 Å². The normalized spacial score (nSPS) is 32.4. The maximum atomic E-state index is 14.3. The smallest absolute Gasteiger partial charge is 0.309 e. The number of hydrogen-bond acceptors (Lipinski definition) is 3. The third-order valence-corrected chi connectivity index (χ3v) is 6.48. The second-order valence-corrected chi connectivity index (χ2v) is 7.46. The van der Waals surface area contributed by atoms with Gasteiger partial charge in [0.25, 0.3) is 0 Å². The number of nitrogens with zero attached hydrogens (tertiary/aromatic N) is 3. The maximum Gasteiger partial charge on any atom is 0.309 e. The summed E-state index contributed by atoms with van der Waals surface area (Å²) in [5, 5.41) is 10.3. The summed E-state index contributed by atoms with van der Waals surface area (Å²) in [6.07, 6.45) is 7.37. The van der Waals surface area contributed by atoms with Crippen LogP contribution < -0.4 is 0 Å². The average Bonchev–Trinajstić information content (AvgIpc) is 2.90. The van der Waals surface area contributed by atoms with Crippen molar-refractivity contribution in [1.82, 2.24) is 14.5 Å². The fraction of sp³-hybridized carbons (Fsp3) is 0.588. The van der Waals surface area contributed by atoms with Crippen LogP contribution in [-0.2, 0) is 4.79 Å². The molecule has 2 heterocycles. The van der Waals surface area contributed by atoms with Gasteiger partial charge in [-0.05, 0) is 55.0 Å². The molecule has 0 aromatic carbocycles. The highest BCUT2D eigenvalue weighted by molar-refractivity contribution is 6.28. The molecule has 2 aromatic heterocycles. The van der Waals surface area contributed by atoms with Crippen molar-refractivity contribution in [3.63, 3.8) is 0 Å². The summed E-state index contributed by atoms with van der Waals surface area (Å²) in [4.78, 5) is 20.2. The Hall–Kier alpha value is -1.69. The number of rotatable bonds is 3. The topological polar surface area (TPSA) is 68.0 Å². The minimum Gasteiger partial charge on any atom is -0.481 e. The van der Waals surface area contributed by atoms with E-state index < -0.39 is 17.7 Å². The molecule has 0 spiro atoms. The Morgan fingerprint density at radius 2 is 2.21 bits per heavy atom. The lowest BCUT2D eigenvalue weighted by Gasteiger charge is -2.55. The molecule has 0 aliphatic heterocycles. The third kappa shape index (κ3) is 2.08. The minimum atomic E-state index is -0.798. The lowest BCUT2D eigenvalue weighted by Crippen LogP contribution is -2.52. The van der Waals surface area contributed by atoms with E-state index in [1.165, 1.54) is 12.4 Å². The molecule has 5 rings (SSSR count). The first-order valence-corrected chi connectivity index (χ1v) is 8.76. The molecule has 24 heavy (non-hydrogen) atoms. The van der Waals surface area contributed by atoms with Gasteiger partial charge in [0.2, 0.25) is 5.28 Å². The molecular weight excluding hydrogens is 333 g/mol. The summed E-state index contributed by atoms with van der Waals surface area (Å²) < 4.78 is 16.1. The van der Waals surface area contributed by atoms with Crippen molar-refractivity contribution in [3.05, 3.63) is 23.5 Å². The van der Waals surface area contributed by atoms with Gasteiger partial charge in [0.15, 0.2) is 5.82 Å². The molecule has 5 nitrogen and oxygen atoms in total. The molecule has 0 radical (unpaired) electrons. The average molecular weight is 352 g/mol. The molecule has 2 bridgehead atoms. The second kappa shape index (κ2) is 5.41. The van der Waals surface area contributed by atoms with Crippen LogP contribution in [0.4, 0.5) is 4.39 Å². The zero-order valence-corrected chi connectivity index (χ0v) is 14.1. The molecule has 7 heteroatoms. The molecule has 128 valence electrons. The van der Waals surface area contributed by atoms with Crippen molar-refractivity contribution >= 4 is 28.6 Å². The fourth-order valence-corrected chi connectivity index (χ4v) is 5.20. The molecule has 2 aromatic rings. The predicted octanol–water partition coefficient (Wildman–Crippen LogP) is 4.07. The van der Waals surface area contributed by atoms with Gasteiger partial charge in [-0.15, -0.1) is 0 Å². The molecule has 0 unspecified atom stereocenters. The van der Waals surface area contributed by atoms with Gasteiger partial charge in [-0.1, -0.05) is 6.92 Å². The lowest BCUT2D eigenvalue weighted by molar-refractivity contribution is -0.160. The number of halogens is 2. The molecule has 0 saturated heterocycles. The standard InChI is InChI=1S/C17H19ClFN3O2/c1-2-17-5-3-9(4-6-17)13(12(17)15(23)24)22-8-11(19)10-7-20-16(18)21-14(10)22/h7-9,12-13H,2-6H2,1H3,(H,23,24)/t9?,12-,13-,17?/m0/s1. The Balaban J connectivity index is 1.91. The summed E-state index contributed by atoms with van der Waals surface area (Å²) in [5.41, 5.74) is 0.178. The van der Waals surface area contributed by atoms with Crippen molar-refractivity contribution < 1.29 is 14.3 Å². The van der Waals surface area contributed by atoms with Crippen molar-refractivity contribution in [3.8, 4) is 0 Å². The lowest BCUT2D eigenvalue weighted by atomic mass is 9.51. The van der Waals surface area contributed by atoms with Crippen molar-refractivity contribution in [2.24, 2.45) is 17.3 Å². The van der Waals surface area contributed by atoms with Crippen LogP contribution in [0.1, 0.15) is 45.1 Å². The second-order valence-electron chi connectivity index (χ2n) is 7.12. The number of carboxylic acid groups (broad SMARTS) is 1. The highest BCUT2D eigenvalue weighted by Gasteiger charge is 2.56. The monoisotopic (exact) mass is 351 g/mol. The van der Waals surface area contributed by atoms with Gasteiger partial charge in [0, 0.05) is 12.4 Å². The molecular formula is C17H19ClFN3O2. The minimum absolute atomic E-state index is 0.0416. The molecule has 1 N–H and O–H groups in total. The van der Waals surface area contributed by atoms with Gasteiger partial charge < -0.3 is 9.67 Å². The van der Waals surface area contributed by atoms with Crippen LogP contribution in [-0.4, -0.2) is 25.6 Å². The first kappa shape index (κ1) is 15.8. The highest BCUT2D eigenvalue weighted by Crippen LogP contribution is 2.60. The van der Waals surface area contributed by atoms with Crippen LogP contribution in [0, 0.1) is 23.1 Å². The van der Waals surface area contributed by atoms with Gasteiger partial charge in [-0.25, -0.2) is 9.37 Å². The maximum absolute atomic E-state index is 14.3. The molecule has 3 fully saturated rings. The SMILES string of the molecule is CCC12CCC(CC1)[C@H](n1cc(F)c3cnc(Cl)nc31)[C@H]2C(=O)O. The largest absolute Gasteiger partial charge is 0.481 e. The molecule has 3 saturated carbocycles. The van der Waals surface area contributed by atoms with Crippen LogP contribution in [0.25, 0.3) is 11.0 Å². The van der Waals surface area contributed by atoms with Gasteiger partial charge in [-0.2, -0.15) is 4.98 Å². The molecule has 3 aliphatic rings. The quantitative estimate of drug-likeness (QED) is 0.846. The van der Waals surface area contributed by atoms with E-state index in [4.69, 9.17) is 11.6 Å². The van der Waals surface area contributed by atoms with Gasteiger partial charge in [0.05, 0.1) is 17.3 Å². The van der Waals surface area contributed by atoms with E-state index in [0.717, 1.165) is 32.1 Å². The number of aromatic nitrogens is 3. The van der Waals surface area contributed by atoms with Gasteiger partial charge >= 0.3 is 5.97 Å². The fourth-order valence-electron chi connectivity index (χ4n) is 5.07. The summed E-state index contributed by atoms with van der Waals surface area (Å²) in [5.74, 6) is -1.53. The van der Waals surface area contributed by atoms with Crippen LogP contribution in [0.5, 0.6) is 0 Å². The van der Waals surface area contributed by atoms with E-state index in [-0.39, 0.29) is 28.0 Å². The Bertz CT molecular complexity index is 814. The van der Waals surface area contributed by atoms with E-state index in [9.17, 15) is 14.3 Å². The van der Waals surface area contributed by atoms with Crippen LogP contribution >= 0.6 is 11.6 Å². The van der Waals surface area contributed by atoms with E-state index >= 15 is 0 Å². The molecule has 3 aliphatic carbocycles. The first-order valence-electron chi connectivity index (χ1n) is 8.38. The number of hydrogen-bond donors (Lipinski definition) is 1. The summed E-state index contributed by atoms with van der Waals surface area (Å²) in [7, 11) is 0. The first-order chi connectivity index (χ1) is 11.5. The molecule has 2 atom stereocenters. The Morgan fingerprint density at radius 1 is 1.50 bits per heavy atom. The zero-order valence-electron chi connectivity index (χ0n) is 13.4. The number of carboxylic acids is 1. The summed E-state index contributed by atoms with van der Waals surface area (Å²) in [6.45, 7) is 2.06. The van der Waals surface area contributed by atoms with Gasteiger partial charge in [0.1, 0.15) is 5.65 Å².